The average Bonchev–Trinajstić information content (AvgIpc) is 2.15. The molecule has 0 bridgehead atoms. The number of carbonyl (C=O) groups is 1. The Labute approximate surface area is 94.5 Å². The van der Waals surface area contributed by atoms with Crippen LogP contribution in [0.3, 0.4) is 0 Å². The van der Waals surface area contributed by atoms with Crippen LogP contribution in [0, 0.1) is 13.8 Å². The van der Waals surface area contributed by atoms with Gasteiger partial charge in [0, 0.05) is 31.8 Å². The predicted molar refractivity (Wildman–Crippen MR) is 61.3 cm³/mol. The minimum atomic E-state index is -0.142. The zero-order valence-corrected chi connectivity index (χ0v) is 10.1. The molecule has 1 aromatic heterocycles. The number of hydrogen-bond acceptors (Lipinski definition) is 3. The first kappa shape index (κ1) is 12.4. The molecular weight excluding hydrogens is 206 g/mol. The van der Waals surface area contributed by atoms with Crippen LogP contribution in [0.4, 0.5) is 0 Å². The van der Waals surface area contributed by atoms with E-state index in [1.54, 1.807) is 27.9 Å². The van der Waals surface area contributed by atoms with Crippen molar-refractivity contribution in [3.05, 3.63) is 27.4 Å². The van der Waals surface area contributed by atoms with E-state index in [4.69, 9.17) is 0 Å². The Balaban J connectivity index is 2.83. The highest BCUT2D eigenvalue weighted by Gasteiger charge is 2.10. The monoisotopic (exact) mass is 223 g/mol. The molecule has 0 unspecified atom stereocenters. The van der Waals surface area contributed by atoms with Gasteiger partial charge in [-0.15, -0.1) is 0 Å². The molecule has 0 atom stereocenters. The predicted octanol–water partition coefficient (Wildman–Crippen LogP) is 0.408. The van der Waals surface area contributed by atoms with Crippen LogP contribution in [0.2, 0.25) is 0 Å². The summed E-state index contributed by atoms with van der Waals surface area (Å²) in [5.74, 6) is 0.615. The molecule has 5 nitrogen and oxygen atoms in total. The van der Waals surface area contributed by atoms with Crippen molar-refractivity contribution in [2.75, 3.05) is 14.1 Å². The van der Waals surface area contributed by atoms with Gasteiger partial charge in [0.1, 0.15) is 5.82 Å². The fraction of sp³-hybridized carbons (Fsp3) is 0.545. The highest BCUT2D eigenvalue weighted by molar-refractivity contribution is 5.75. The second kappa shape index (κ2) is 4.92. The van der Waals surface area contributed by atoms with E-state index in [9.17, 15) is 9.59 Å². The number of nitrogens with zero attached hydrogens (tertiary/aromatic N) is 2. The molecule has 0 aliphatic carbocycles. The van der Waals surface area contributed by atoms with Crippen molar-refractivity contribution in [2.45, 2.75) is 26.7 Å². The maximum atomic E-state index is 11.6. The number of rotatable bonds is 3. The molecule has 0 radical (unpaired) electrons. The molecule has 1 rings (SSSR count). The number of nitrogens with one attached hydrogen (secondary N) is 1. The lowest BCUT2D eigenvalue weighted by molar-refractivity contribution is -0.128. The second-order valence-corrected chi connectivity index (χ2v) is 4.00. The summed E-state index contributed by atoms with van der Waals surface area (Å²) in [5.41, 5.74) is 1.16. The molecule has 0 saturated heterocycles. The van der Waals surface area contributed by atoms with Crippen molar-refractivity contribution in [1.29, 1.82) is 0 Å². The number of aromatic nitrogens is 2. The summed E-state index contributed by atoms with van der Waals surface area (Å²) in [6.45, 7) is 3.53. The van der Waals surface area contributed by atoms with Gasteiger partial charge in [-0.05, 0) is 20.3 Å². The zero-order valence-electron chi connectivity index (χ0n) is 10.1. The first-order valence-corrected chi connectivity index (χ1v) is 5.18. The van der Waals surface area contributed by atoms with E-state index in [0.717, 1.165) is 0 Å². The SMILES string of the molecule is Cc1nc(C)c(CCC(=O)N(C)C)c(=O)[nH]1. The van der Waals surface area contributed by atoms with Gasteiger partial charge in [-0.25, -0.2) is 4.98 Å². The molecule has 0 aliphatic rings. The van der Waals surface area contributed by atoms with Crippen molar-refractivity contribution in [2.24, 2.45) is 0 Å². The van der Waals surface area contributed by atoms with Crippen molar-refractivity contribution in [3.63, 3.8) is 0 Å². The molecule has 16 heavy (non-hydrogen) atoms. The third kappa shape index (κ3) is 2.92. The van der Waals surface area contributed by atoms with E-state index < -0.39 is 0 Å². The van der Waals surface area contributed by atoms with E-state index >= 15 is 0 Å². The maximum absolute atomic E-state index is 11.6. The second-order valence-electron chi connectivity index (χ2n) is 4.00. The molecule has 1 amide bonds. The highest BCUT2D eigenvalue weighted by Crippen LogP contribution is 2.03. The average molecular weight is 223 g/mol. The lowest BCUT2D eigenvalue weighted by Crippen LogP contribution is -2.24. The fourth-order valence-corrected chi connectivity index (χ4v) is 1.50. The largest absolute Gasteiger partial charge is 0.349 e. The van der Waals surface area contributed by atoms with Gasteiger partial charge in [0.05, 0.1) is 0 Å². The summed E-state index contributed by atoms with van der Waals surface area (Å²) < 4.78 is 0. The quantitative estimate of drug-likeness (QED) is 0.807. The van der Waals surface area contributed by atoms with Crippen LogP contribution in [-0.4, -0.2) is 34.9 Å². The Morgan fingerprint density at radius 3 is 2.50 bits per heavy atom. The van der Waals surface area contributed by atoms with Gasteiger partial charge in [-0.3, -0.25) is 9.59 Å². The molecule has 1 aromatic rings. The number of H-pyrrole nitrogens is 1. The van der Waals surface area contributed by atoms with Crippen LogP contribution in [0.5, 0.6) is 0 Å². The smallest absolute Gasteiger partial charge is 0.254 e. The Morgan fingerprint density at radius 1 is 1.38 bits per heavy atom. The first-order valence-electron chi connectivity index (χ1n) is 5.18. The fourth-order valence-electron chi connectivity index (χ4n) is 1.50. The van der Waals surface area contributed by atoms with Crippen LogP contribution < -0.4 is 5.56 Å². The summed E-state index contributed by atoms with van der Waals surface area (Å²) in [4.78, 5) is 31.4. The molecule has 88 valence electrons. The van der Waals surface area contributed by atoms with Gasteiger partial charge in [-0.1, -0.05) is 0 Å². The van der Waals surface area contributed by atoms with Crippen LogP contribution >= 0.6 is 0 Å². The van der Waals surface area contributed by atoms with Crippen LogP contribution in [0.15, 0.2) is 4.79 Å². The molecule has 0 spiro atoms. The normalized spacial score (nSPS) is 10.2. The van der Waals surface area contributed by atoms with Gasteiger partial charge in [0.25, 0.3) is 5.56 Å². The van der Waals surface area contributed by atoms with E-state index in [1.807, 2.05) is 0 Å². The summed E-state index contributed by atoms with van der Waals surface area (Å²) in [6, 6.07) is 0. The Kier molecular flexibility index (Phi) is 3.82. The highest BCUT2D eigenvalue weighted by atomic mass is 16.2. The lowest BCUT2D eigenvalue weighted by Gasteiger charge is -2.10. The molecule has 0 aromatic carbocycles. The van der Waals surface area contributed by atoms with Gasteiger partial charge >= 0.3 is 0 Å². The van der Waals surface area contributed by atoms with E-state index in [0.29, 0.717) is 29.9 Å². The van der Waals surface area contributed by atoms with Crippen molar-refractivity contribution >= 4 is 5.91 Å². The minimum Gasteiger partial charge on any atom is -0.349 e. The first-order chi connectivity index (χ1) is 7.41. The van der Waals surface area contributed by atoms with E-state index in [-0.39, 0.29) is 11.5 Å². The third-order valence-corrected chi connectivity index (χ3v) is 2.43. The van der Waals surface area contributed by atoms with Gasteiger partial charge in [-0.2, -0.15) is 0 Å². The van der Waals surface area contributed by atoms with Crippen molar-refractivity contribution in [3.8, 4) is 0 Å². The van der Waals surface area contributed by atoms with Crippen molar-refractivity contribution < 1.29 is 4.79 Å². The van der Waals surface area contributed by atoms with Gasteiger partial charge in [0.15, 0.2) is 0 Å². The number of aryl methyl sites for hydroxylation is 2. The number of carbonyl (C=O) groups excluding carboxylic acids is 1. The topological polar surface area (TPSA) is 66.1 Å². The molecule has 5 heteroatoms. The molecule has 0 fully saturated rings. The minimum absolute atomic E-state index is 0.0133. The lowest BCUT2D eigenvalue weighted by atomic mass is 10.1. The van der Waals surface area contributed by atoms with Gasteiger partial charge in [0.2, 0.25) is 5.91 Å². The molecule has 1 N–H and O–H groups in total. The molecular formula is C11H17N3O2. The summed E-state index contributed by atoms with van der Waals surface area (Å²) in [5, 5.41) is 0. The standard InChI is InChI=1S/C11H17N3O2/c1-7-9(5-6-10(15)14(3)4)11(16)13-8(2)12-7/h5-6H2,1-4H3,(H,12,13,16). The Hall–Kier alpha value is -1.65. The third-order valence-electron chi connectivity index (χ3n) is 2.43. The summed E-state index contributed by atoms with van der Waals surface area (Å²) >= 11 is 0. The number of amides is 1. The number of aromatic amines is 1. The zero-order chi connectivity index (χ0) is 12.3. The Morgan fingerprint density at radius 2 is 2.00 bits per heavy atom. The summed E-state index contributed by atoms with van der Waals surface area (Å²) in [7, 11) is 3.40. The summed E-state index contributed by atoms with van der Waals surface area (Å²) in [6.07, 6.45) is 0.771. The van der Waals surface area contributed by atoms with Gasteiger partial charge < -0.3 is 9.88 Å². The van der Waals surface area contributed by atoms with E-state index in [1.165, 1.54) is 4.90 Å². The number of hydrogen-bond donors (Lipinski definition) is 1. The van der Waals surface area contributed by atoms with Crippen LogP contribution in [0.25, 0.3) is 0 Å². The molecule has 0 aliphatic heterocycles. The van der Waals surface area contributed by atoms with E-state index in [2.05, 4.69) is 9.97 Å². The van der Waals surface area contributed by atoms with Crippen molar-refractivity contribution in [1.82, 2.24) is 14.9 Å². The maximum Gasteiger partial charge on any atom is 0.254 e. The molecule has 1 heterocycles. The van der Waals surface area contributed by atoms with Crippen LogP contribution in [0.1, 0.15) is 23.5 Å². The van der Waals surface area contributed by atoms with Crippen LogP contribution in [-0.2, 0) is 11.2 Å². The Bertz CT molecular complexity index is 449. The molecule has 0 saturated carbocycles.